The Morgan fingerprint density at radius 1 is 1.13 bits per heavy atom. The summed E-state index contributed by atoms with van der Waals surface area (Å²) in [5, 5.41) is 15.1. The van der Waals surface area contributed by atoms with Gasteiger partial charge in [-0.2, -0.15) is 0 Å². The molecule has 4 rings (SSSR count). The lowest BCUT2D eigenvalue weighted by atomic mass is 10.3. The van der Waals surface area contributed by atoms with Crippen LogP contribution in [0.4, 0.5) is 5.13 Å². The van der Waals surface area contributed by atoms with Crippen LogP contribution in [0.25, 0.3) is 11.1 Å². The van der Waals surface area contributed by atoms with Gasteiger partial charge in [0.15, 0.2) is 9.92 Å². The van der Waals surface area contributed by atoms with Crippen molar-refractivity contribution in [3.05, 3.63) is 46.7 Å². The SMILES string of the molecule is c1csc(CCNc2nnc(Sc3nc4ccccc4o3)s2)c1. The van der Waals surface area contributed by atoms with Crippen molar-refractivity contribution >= 4 is 50.7 Å². The molecule has 0 unspecified atom stereocenters. The van der Waals surface area contributed by atoms with E-state index in [2.05, 4.69) is 38.0 Å². The van der Waals surface area contributed by atoms with Crippen LogP contribution in [0.2, 0.25) is 0 Å². The van der Waals surface area contributed by atoms with Gasteiger partial charge in [-0.05, 0) is 30.0 Å². The molecule has 4 aromatic rings. The number of thiophene rings is 1. The number of rotatable bonds is 6. The van der Waals surface area contributed by atoms with E-state index in [4.69, 9.17) is 4.42 Å². The number of benzene rings is 1. The molecule has 0 saturated heterocycles. The summed E-state index contributed by atoms with van der Waals surface area (Å²) in [7, 11) is 0. The van der Waals surface area contributed by atoms with Gasteiger partial charge in [0.1, 0.15) is 5.52 Å². The summed E-state index contributed by atoms with van der Waals surface area (Å²) in [4.78, 5) is 5.79. The zero-order valence-electron chi connectivity index (χ0n) is 11.9. The normalized spacial score (nSPS) is 11.1. The molecule has 0 aliphatic heterocycles. The van der Waals surface area contributed by atoms with Gasteiger partial charge >= 0.3 is 0 Å². The third-order valence-electron chi connectivity index (χ3n) is 3.08. The Bertz CT molecular complexity index is 867. The first kappa shape index (κ1) is 14.7. The van der Waals surface area contributed by atoms with Crippen LogP contribution in [0.1, 0.15) is 4.88 Å². The van der Waals surface area contributed by atoms with Crippen molar-refractivity contribution in [1.82, 2.24) is 15.2 Å². The Labute approximate surface area is 144 Å². The molecule has 0 radical (unpaired) electrons. The van der Waals surface area contributed by atoms with Crippen LogP contribution >= 0.6 is 34.4 Å². The van der Waals surface area contributed by atoms with Crippen molar-refractivity contribution in [1.29, 1.82) is 0 Å². The van der Waals surface area contributed by atoms with Gasteiger partial charge in [0.05, 0.1) is 0 Å². The van der Waals surface area contributed by atoms with Gasteiger partial charge in [0.25, 0.3) is 5.22 Å². The van der Waals surface area contributed by atoms with E-state index >= 15 is 0 Å². The van der Waals surface area contributed by atoms with Crippen LogP contribution in [0.15, 0.2) is 55.8 Å². The zero-order valence-corrected chi connectivity index (χ0v) is 14.4. The molecule has 0 amide bonds. The predicted octanol–water partition coefficient (Wildman–Crippen LogP) is 4.55. The minimum Gasteiger partial charge on any atom is -0.431 e. The molecule has 116 valence electrons. The van der Waals surface area contributed by atoms with Crippen LogP contribution in [-0.2, 0) is 6.42 Å². The second-order valence-electron chi connectivity index (χ2n) is 4.68. The first-order valence-electron chi connectivity index (χ1n) is 7.00. The van der Waals surface area contributed by atoms with Crippen molar-refractivity contribution in [2.45, 2.75) is 16.0 Å². The molecule has 5 nitrogen and oxygen atoms in total. The summed E-state index contributed by atoms with van der Waals surface area (Å²) in [6.07, 6.45) is 0.991. The topological polar surface area (TPSA) is 63.8 Å². The average molecular weight is 360 g/mol. The highest BCUT2D eigenvalue weighted by molar-refractivity contribution is 8.00. The molecule has 8 heteroatoms. The third-order valence-corrected chi connectivity index (χ3v) is 5.80. The fourth-order valence-corrected chi connectivity index (χ4v) is 4.38. The molecular formula is C15H12N4OS3. The number of aromatic nitrogens is 3. The molecule has 0 aliphatic rings. The number of oxazole rings is 1. The second-order valence-corrected chi connectivity index (χ2v) is 7.89. The maximum absolute atomic E-state index is 5.68. The minimum atomic E-state index is 0.590. The Kier molecular flexibility index (Phi) is 4.27. The summed E-state index contributed by atoms with van der Waals surface area (Å²) < 4.78 is 6.50. The van der Waals surface area contributed by atoms with E-state index in [1.807, 2.05) is 24.3 Å². The van der Waals surface area contributed by atoms with Gasteiger partial charge in [-0.1, -0.05) is 29.5 Å². The minimum absolute atomic E-state index is 0.590. The molecule has 0 fully saturated rings. The lowest BCUT2D eigenvalue weighted by Gasteiger charge is -1.98. The molecule has 1 N–H and O–H groups in total. The maximum Gasteiger partial charge on any atom is 0.264 e. The van der Waals surface area contributed by atoms with Crippen LogP contribution in [0.3, 0.4) is 0 Å². The van der Waals surface area contributed by atoms with Crippen molar-refractivity contribution in [3.8, 4) is 0 Å². The van der Waals surface area contributed by atoms with Crippen LogP contribution in [0.5, 0.6) is 0 Å². The highest BCUT2D eigenvalue weighted by atomic mass is 32.2. The summed E-state index contributed by atoms with van der Waals surface area (Å²) >= 11 is 4.67. The monoisotopic (exact) mass is 360 g/mol. The van der Waals surface area contributed by atoms with Crippen molar-refractivity contribution in [2.75, 3.05) is 11.9 Å². The van der Waals surface area contributed by atoms with Crippen LogP contribution in [-0.4, -0.2) is 21.7 Å². The largest absolute Gasteiger partial charge is 0.431 e. The number of nitrogens with one attached hydrogen (secondary N) is 1. The van der Waals surface area contributed by atoms with E-state index in [0.29, 0.717) is 5.22 Å². The molecular weight excluding hydrogens is 348 g/mol. The van der Waals surface area contributed by atoms with Crippen LogP contribution < -0.4 is 5.32 Å². The lowest BCUT2D eigenvalue weighted by Crippen LogP contribution is -2.03. The second kappa shape index (κ2) is 6.69. The Hall–Kier alpha value is -1.90. The van der Waals surface area contributed by atoms with E-state index < -0.39 is 0 Å². The molecule has 1 aromatic carbocycles. The van der Waals surface area contributed by atoms with Gasteiger partial charge < -0.3 is 9.73 Å². The lowest BCUT2D eigenvalue weighted by molar-refractivity contribution is 0.489. The van der Waals surface area contributed by atoms with E-state index in [9.17, 15) is 0 Å². The molecule has 3 aromatic heterocycles. The number of anilines is 1. The number of nitrogens with zero attached hydrogens (tertiary/aromatic N) is 3. The fourth-order valence-electron chi connectivity index (χ4n) is 2.04. The smallest absolute Gasteiger partial charge is 0.264 e. The van der Waals surface area contributed by atoms with Gasteiger partial charge in [-0.3, -0.25) is 0 Å². The molecule has 0 saturated carbocycles. The van der Waals surface area contributed by atoms with E-state index in [-0.39, 0.29) is 0 Å². The fraction of sp³-hybridized carbons (Fsp3) is 0.133. The van der Waals surface area contributed by atoms with E-state index in [1.54, 1.807) is 11.3 Å². The quantitative estimate of drug-likeness (QED) is 0.544. The Balaban J connectivity index is 1.37. The van der Waals surface area contributed by atoms with E-state index in [0.717, 1.165) is 33.5 Å². The molecule has 0 aliphatic carbocycles. The van der Waals surface area contributed by atoms with Crippen molar-refractivity contribution in [3.63, 3.8) is 0 Å². The molecule has 0 spiro atoms. The third kappa shape index (κ3) is 3.54. The number of hydrogen-bond donors (Lipinski definition) is 1. The average Bonchev–Trinajstić information content (AvgIpc) is 3.28. The molecule has 0 bridgehead atoms. The Morgan fingerprint density at radius 2 is 2.09 bits per heavy atom. The van der Waals surface area contributed by atoms with E-state index in [1.165, 1.54) is 28.0 Å². The molecule has 0 atom stereocenters. The first-order valence-corrected chi connectivity index (χ1v) is 9.51. The number of para-hydroxylation sites is 2. The zero-order chi connectivity index (χ0) is 15.5. The highest BCUT2D eigenvalue weighted by Crippen LogP contribution is 2.33. The van der Waals surface area contributed by atoms with Gasteiger partial charge in [-0.25, -0.2) is 4.98 Å². The van der Waals surface area contributed by atoms with Gasteiger partial charge in [-0.15, -0.1) is 21.5 Å². The Morgan fingerprint density at radius 3 is 2.96 bits per heavy atom. The summed E-state index contributed by atoms with van der Waals surface area (Å²) in [6.45, 7) is 0.850. The van der Waals surface area contributed by atoms with Crippen molar-refractivity contribution < 1.29 is 4.42 Å². The summed E-state index contributed by atoms with van der Waals surface area (Å²) in [5.74, 6) is 0. The molecule has 23 heavy (non-hydrogen) atoms. The standard InChI is InChI=1S/C15H12N4OS3/c1-2-6-12-11(5-1)17-14(20-12)23-15-19-18-13(22-15)16-8-7-10-4-3-9-21-10/h1-6,9H,7-8H2,(H,16,18). The number of fused-ring (bicyclic) bond motifs is 1. The summed E-state index contributed by atoms with van der Waals surface area (Å²) in [6, 6.07) is 11.9. The van der Waals surface area contributed by atoms with Crippen LogP contribution in [0, 0.1) is 0 Å². The highest BCUT2D eigenvalue weighted by Gasteiger charge is 2.11. The van der Waals surface area contributed by atoms with Crippen molar-refractivity contribution in [2.24, 2.45) is 0 Å². The summed E-state index contributed by atoms with van der Waals surface area (Å²) in [5.41, 5.74) is 1.64. The molecule has 3 heterocycles. The maximum atomic E-state index is 5.68. The number of hydrogen-bond acceptors (Lipinski definition) is 8. The van der Waals surface area contributed by atoms with Gasteiger partial charge in [0.2, 0.25) is 5.13 Å². The first-order chi connectivity index (χ1) is 11.4. The predicted molar refractivity (Wildman–Crippen MR) is 94.6 cm³/mol. The van der Waals surface area contributed by atoms with Gasteiger partial charge in [0, 0.05) is 23.2 Å².